The lowest BCUT2D eigenvalue weighted by molar-refractivity contribution is -0.106. The SMILES string of the molecule is CCC1(C)SC(=O)C(c2cc(C)c(C)cc2C)=C1OC(=O)OCC(C)C. The molecular weight excluding hydrogens is 348 g/mol. The fourth-order valence-electron chi connectivity index (χ4n) is 2.86. The molecule has 1 aromatic carbocycles. The zero-order chi connectivity index (χ0) is 19.6. The minimum absolute atomic E-state index is 0.0626. The van der Waals surface area contributed by atoms with Crippen LogP contribution < -0.4 is 0 Å². The van der Waals surface area contributed by atoms with Crippen molar-refractivity contribution < 1.29 is 19.1 Å². The maximum atomic E-state index is 12.8. The molecule has 0 bridgehead atoms. The van der Waals surface area contributed by atoms with E-state index in [1.54, 1.807) is 0 Å². The van der Waals surface area contributed by atoms with E-state index in [1.807, 2.05) is 54.5 Å². The number of aryl methyl sites for hydroxylation is 3. The molecule has 0 fully saturated rings. The first-order chi connectivity index (χ1) is 12.1. The van der Waals surface area contributed by atoms with Crippen LogP contribution in [0.25, 0.3) is 5.57 Å². The summed E-state index contributed by atoms with van der Waals surface area (Å²) in [5, 5.41) is -0.0626. The molecule has 26 heavy (non-hydrogen) atoms. The van der Waals surface area contributed by atoms with Crippen LogP contribution in [0.4, 0.5) is 4.79 Å². The first-order valence-electron chi connectivity index (χ1n) is 9.00. The number of hydrogen-bond acceptors (Lipinski definition) is 5. The molecule has 0 saturated carbocycles. The largest absolute Gasteiger partial charge is 0.513 e. The molecule has 0 saturated heterocycles. The van der Waals surface area contributed by atoms with Crippen LogP contribution in [-0.4, -0.2) is 22.6 Å². The number of rotatable bonds is 5. The van der Waals surface area contributed by atoms with Crippen molar-refractivity contribution in [1.29, 1.82) is 0 Å². The second-order valence-corrected chi connectivity index (χ2v) is 8.96. The Morgan fingerprint density at radius 3 is 2.35 bits per heavy atom. The van der Waals surface area contributed by atoms with Crippen molar-refractivity contribution in [2.75, 3.05) is 6.61 Å². The van der Waals surface area contributed by atoms with Gasteiger partial charge in [-0.05, 0) is 62.3 Å². The van der Waals surface area contributed by atoms with Gasteiger partial charge in [0.15, 0.2) is 0 Å². The number of hydrogen-bond donors (Lipinski definition) is 0. The molecule has 1 atom stereocenters. The molecule has 4 nitrogen and oxygen atoms in total. The van der Waals surface area contributed by atoms with Crippen molar-refractivity contribution >= 4 is 28.6 Å². The topological polar surface area (TPSA) is 52.6 Å². The smallest absolute Gasteiger partial charge is 0.434 e. The van der Waals surface area contributed by atoms with Crippen LogP contribution in [0.3, 0.4) is 0 Å². The highest BCUT2D eigenvalue weighted by Crippen LogP contribution is 2.50. The number of ether oxygens (including phenoxy) is 2. The van der Waals surface area contributed by atoms with Crippen molar-refractivity contribution in [3.63, 3.8) is 0 Å². The quantitative estimate of drug-likeness (QED) is 0.628. The zero-order valence-corrected chi connectivity index (χ0v) is 17.5. The van der Waals surface area contributed by atoms with Gasteiger partial charge in [0.05, 0.1) is 16.9 Å². The highest BCUT2D eigenvalue weighted by Gasteiger charge is 2.45. The molecule has 0 amide bonds. The predicted molar refractivity (Wildman–Crippen MR) is 106 cm³/mol. The second-order valence-electron chi connectivity index (χ2n) is 7.49. The predicted octanol–water partition coefficient (Wildman–Crippen LogP) is 5.57. The molecule has 1 unspecified atom stereocenters. The third-order valence-corrected chi connectivity index (χ3v) is 6.05. The van der Waals surface area contributed by atoms with E-state index >= 15 is 0 Å². The third kappa shape index (κ3) is 4.14. The summed E-state index contributed by atoms with van der Waals surface area (Å²) in [5.41, 5.74) is 4.58. The number of benzene rings is 1. The Labute approximate surface area is 160 Å². The number of carbonyl (C=O) groups excluding carboxylic acids is 2. The van der Waals surface area contributed by atoms with E-state index < -0.39 is 10.9 Å². The van der Waals surface area contributed by atoms with E-state index in [9.17, 15) is 9.59 Å². The van der Waals surface area contributed by atoms with Crippen molar-refractivity contribution in [3.05, 3.63) is 40.1 Å². The summed E-state index contributed by atoms with van der Waals surface area (Å²) in [5.74, 6) is 0.630. The van der Waals surface area contributed by atoms with Gasteiger partial charge in [-0.25, -0.2) is 4.79 Å². The van der Waals surface area contributed by atoms with Crippen LogP contribution in [0.15, 0.2) is 17.9 Å². The lowest BCUT2D eigenvalue weighted by Crippen LogP contribution is -2.24. The summed E-state index contributed by atoms with van der Waals surface area (Å²) in [6, 6.07) is 4.06. The summed E-state index contributed by atoms with van der Waals surface area (Å²) in [6.07, 6.45) is -0.0773. The van der Waals surface area contributed by atoms with Gasteiger partial charge in [-0.15, -0.1) is 0 Å². The van der Waals surface area contributed by atoms with Gasteiger partial charge in [0.25, 0.3) is 0 Å². The fourth-order valence-corrected chi connectivity index (χ4v) is 3.96. The Morgan fingerprint density at radius 2 is 1.77 bits per heavy atom. The minimum atomic E-state index is -0.748. The second kappa shape index (κ2) is 7.87. The van der Waals surface area contributed by atoms with Crippen molar-refractivity contribution in [2.45, 2.75) is 59.6 Å². The van der Waals surface area contributed by atoms with E-state index in [0.717, 1.165) is 16.7 Å². The molecular formula is C21H28O4S. The Hall–Kier alpha value is -1.75. The van der Waals surface area contributed by atoms with Gasteiger partial charge in [-0.2, -0.15) is 0 Å². The summed E-state index contributed by atoms with van der Waals surface area (Å²) < 4.78 is 10.2. The monoisotopic (exact) mass is 376 g/mol. The first kappa shape index (κ1) is 20.6. The van der Waals surface area contributed by atoms with Gasteiger partial charge in [-0.3, -0.25) is 4.79 Å². The molecule has 1 aliphatic heterocycles. The Balaban J connectivity index is 2.52. The van der Waals surface area contributed by atoms with Gasteiger partial charge in [0.1, 0.15) is 5.76 Å². The molecule has 0 aliphatic carbocycles. The Bertz CT molecular complexity index is 764. The molecule has 2 rings (SSSR count). The molecule has 1 aliphatic rings. The van der Waals surface area contributed by atoms with E-state index in [2.05, 4.69) is 6.07 Å². The van der Waals surface area contributed by atoms with Crippen LogP contribution >= 0.6 is 11.8 Å². The van der Waals surface area contributed by atoms with Crippen molar-refractivity contribution in [3.8, 4) is 0 Å². The summed E-state index contributed by atoms with van der Waals surface area (Å²) >= 11 is 1.22. The average molecular weight is 377 g/mol. The summed E-state index contributed by atoms with van der Waals surface area (Å²) in [7, 11) is 0. The van der Waals surface area contributed by atoms with Gasteiger partial charge in [-0.1, -0.05) is 44.7 Å². The Kier molecular flexibility index (Phi) is 6.22. The van der Waals surface area contributed by atoms with Crippen LogP contribution in [0, 0.1) is 26.7 Å². The lowest BCUT2D eigenvalue weighted by atomic mass is 9.92. The van der Waals surface area contributed by atoms with E-state index in [4.69, 9.17) is 9.47 Å². The molecule has 0 spiro atoms. The van der Waals surface area contributed by atoms with Crippen molar-refractivity contribution in [1.82, 2.24) is 0 Å². The van der Waals surface area contributed by atoms with Gasteiger partial charge in [0, 0.05) is 0 Å². The number of thioether (sulfide) groups is 1. The highest BCUT2D eigenvalue weighted by molar-refractivity contribution is 8.16. The minimum Gasteiger partial charge on any atom is -0.434 e. The third-order valence-electron chi connectivity index (χ3n) is 4.73. The molecule has 0 radical (unpaired) electrons. The van der Waals surface area contributed by atoms with Crippen LogP contribution in [0.2, 0.25) is 0 Å². The van der Waals surface area contributed by atoms with Crippen LogP contribution in [0.5, 0.6) is 0 Å². The van der Waals surface area contributed by atoms with Gasteiger partial charge < -0.3 is 9.47 Å². The zero-order valence-electron chi connectivity index (χ0n) is 16.7. The number of carbonyl (C=O) groups is 2. The fraction of sp³-hybridized carbons (Fsp3) is 0.524. The highest BCUT2D eigenvalue weighted by atomic mass is 32.2. The molecule has 0 N–H and O–H groups in total. The van der Waals surface area contributed by atoms with Crippen molar-refractivity contribution in [2.24, 2.45) is 5.92 Å². The molecule has 0 aromatic heterocycles. The maximum absolute atomic E-state index is 12.8. The van der Waals surface area contributed by atoms with E-state index in [0.29, 0.717) is 17.8 Å². The maximum Gasteiger partial charge on any atom is 0.513 e. The standard InChI is InChI=1S/C21H28O4S/c1-8-21(7)18(25-20(23)24-11-12(2)3)17(19(22)26-21)16-10-14(5)13(4)9-15(16)6/h9-10,12H,8,11H2,1-7H3. The van der Waals surface area contributed by atoms with Crippen LogP contribution in [-0.2, 0) is 14.3 Å². The average Bonchev–Trinajstić information content (AvgIpc) is 2.80. The van der Waals surface area contributed by atoms with Gasteiger partial charge >= 0.3 is 6.16 Å². The summed E-state index contributed by atoms with van der Waals surface area (Å²) in [6.45, 7) is 14.2. The lowest BCUT2D eigenvalue weighted by Gasteiger charge is -2.23. The molecule has 1 heterocycles. The van der Waals surface area contributed by atoms with E-state index in [-0.39, 0.29) is 17.6 Å². The summed E-state index contributed by atoms with van der Waals surface area (Å²) in [4.78, 5) is 25.0. The molecule has 5 heteroatoms. The first-order valence-corrected chi connectivity index (χ1v) is 9.81. The normalized spacial score (nSPS) is 20.1. The molecule has 142 valence electrons. The molecule has 1 aromatic rings. The van der Waals surface area contributed by atoms with E-state index in [1.165, 1.54) is 17.3 Å². The van der Waals surface area contributed by atoms with Gasteiger partial charge in [0.2, 0.25) is 5.12 Å². The Morgan fingerprint density at radius 1 is 1.15 bits per heavy atom. The van der Waals surface area contributed by atoms with Crippen LogP contribution in [0.1, 0.15) is 56.4 Å².